The minimum Gasteiger partial charge on any atom is -0.309 e. The summed E-state index contributed by atoms with van der Waals surface area (Å²) in [4.78, 5) is 4.82. The predicted molar refractivity (Wildman–Crippen MR) is 229 cm³/mol. The molecule has 0 saturated carbocycles. The third kappa shape index (κ3) is 4.93. The molecule has 254 valence electrons. The first-order valence-electron chi connectivity index (χ1n) is 18.6. The molecule has 0 spiro atoms. The Hall–Kier alpha value is -7.54. The maximum Gasteiger partial charge on any atom is 0.0991 e. The summed E-state index contributed by atoms with van der Waals surface area (Å²) in [5.41, 5.74) is 14.2. The molecule has 2 heterocycles. The van der Waals surface area contributed by atoms with Crippen LogP contribution in [0.1, 0.15) is 5.56 Å². The molecule has 0 unspecified atom stereocenters. The molecule has 0 radical (unpaired) electrons. The largest absolute Gasteiger partial charge is 0.309 e. The Balaban J connectivity index is 1.14. The number of aromatic nitrogens is 2. The summed E-state index contributed by atoms with van der Waals surface area (Å²) >= 11 is 0. The Morgan fingerprint density at radius 3 is 1.84 bits per heavy atom. The molecule has 55 heavy (non-hydrogen) atoms. The first kappa shape index (κ1) is 31.0. The van der Waals surface area contributed by atoms with Crippen molar-refractivity contribution >= 4 is 54.3 Å². The van der Waals surface area contributed by atoms with Crippen LogP contribution in [-0.4, -0.2) is 9.55 Å². The Labute approximate surface area is 318 Å². The van der Waals surface area contributed by atoms with Gasteiger partial charge in [0, 0.05) is 33.6 Å². The van der Waals surface area contributed by atoms with Crippen molar-refractivity contribution < 1.29 is 0 Å². The monoisotopic (exact) mass is 697 g/mol. The highest BCUT2D eigenvalue weighted by Crippen LogP contribution is 2.44. The fourth-order valence-corrected chi connectivity index (χ4v) is 8.69. The molecule has 0 fully saturated rings. The molecular formula is C52H31N3. The smallest absolute Gasteiger partial charge is 0.0991 e. The fraction of sp³-hybridized carbons (Fsp3) is 0. The minimum atomic E-state index is 0.646. The van der Waals surface area contributed by atoms with E-state index in [0.717, 1.165) is 50.0 Å². The van der Waals surface area contributed by atoms with Gasteiger partial charge >= 0.3 is 0 Å². The van der Waals surface area contributed by atoms with Gasteiger partial charge in [-0.2, -0.15) is 5.26 Å². The van der Waals surface area contributed by atoms with Crippen molar-refractivity contribution in [3.05, 3.63) is 194 Å². The van der Waals surface area contributed by atoms with Crippen LogP contribution in [0, 0.1) is 11.3 Å². The van der Waals surface area contributed by atoms with Gasteiger partial charge in [0.15, 0.2) is 0 Å². The van der Waals surface area contributed by atoms with E-state index in [9.17, 15) is 5.26 Å². The van der Waals surface area contributed by atoms with Crippen LogP contribution >= 0.6 is 0 Å². The maximum absolute atomic E-state index is 9.51. The molecule has 11 rings (SSSR count). The standard InChI is InChI=1S/C52H31N3/c53-32-33-18-20-34(21-19-33)38-28-39(30-40(29-38)45-16-6-10-36-11-8-26-54-52(36)45)43-24-25-44(47-15-5-4-14-46(43)47)41-27-37-23-22-35-9-7-17-48-50(35)51(37)49(31-41)55(48)42-12-2-1-3-13-42/h1-31H. The van der Waals surface area contributed by atoms with Gasteiger partial charge in [0.2, 0.25) is 0 Å². The summed E-state index contributed by atoms with van der Waals surface area (Å²) in [5, 5.41) is 18.1. The first-order chi connectivity index (χ1) is 27.2. The molecule has 0 aliphatic rings. The summed E-state index contributed by atoms with van der Waals surface area (Å²) in [6, 6.07) is 67.4. The maximum atomic E-state index is 9.51. The van der Waals surface area contributed by atoms with Gasteiger partial charge in [-0.15, -0.1) is 0 Å². The van der Waals surface area contributed by atoms with Crippen molar-refractivity contribution in [2.24, 2.45) is 0 Å². The van der Waals surface area contributed by atoms with Crippen molar-refractivity contribution in [1.82, 2.24) is 9.55 Å². The number of rotatable bonds is 5. The van der Waals surface area contributed by atoms with Crippen LogP contribution in [0.25, 0.3) is 104 Å². The summed E-state index contributed by atoms with van der Waals surface area (Å²) < 4.78 is 2.42. The number of nitrogens with zero attached hydrogens (tertiary/aromatic N) is 3. The highest BCUT2D eigenvalue weighted by atomic mass is 15.0. The second kappa shape index (κ2) is 12.3. The third-order valence-electron chi connectivity index (χ3n) is 11.2. The lowest BCUT2D eigenvalue weighted by Gasteiger charge is -2.16. The van der Waals surface area contributed by atoms with E-state index in [1.165, 1.54) is 54.5 Å². The third-order valence-corrected chi connectivity index (χ3v) is 11.2. The fourth-order valence-electron chi connectivity index (χ4n) is 8.69. The lowest BCUT2D eigenvalue weighted by Crippen LogP contribution is -1.93. The van der Waals surface area contributed by atoms with Crippen molar-refractivity contribution in [3.8, 4) is 56.3 Å². The Morgan fingerprint density at radius 2 is 1.05 bits per heavy atom. The van der Waals surface area contributed by atoms with E-state index in [0.29, 0.717) is 5.56 Å². The van der Waals surface area contributed by atoms with Gasteiger partial charge < -0.3 is 4.57 Å². The molecule has 3 heteroatoms. The zero-order chi connectivity index (χ0) is 36.5. The summed E-state index contributed by atoms with van der Waals surface area (Å²) in [6.45, 7) is 0. The summed E-state index contributed by atoms with van der Waals surface area (Å²) in [5.74, 6) is 0. The molecule has 0 saturated heterocycles. The van der Waals surface area contributed by atoms with Gasteiger partial charge in [-0.05, 0) is 127 Å². The second-order valence-corrected chi connectivity index (χ2v) is 14.3. The van der Waals surface area contributed by atoms with Crippen LogP contribution in [0.4, 0.5) is 0 Å². The van der Waals surface area contributed by atoms with Gasteiger partial charge in [0.05, 0.1) is 28.2 Å². The molecule has 2 aromatic heterocycles. The van der Waals surface area contributed by atoms with Crippen LogP contribution in [-0.2, 0) is 0 Å². The molecule has 0 N–H and O–H groups in total. The second-order valence-electron chi connectivity index (χ2n) is 14.3. The average Bonchev–Trinajstić information content (AvgIpc) is 3.60. The number of benzene rings is 9. The van der Waals surface area contributed by atoms with Gasteiger partial charge in [0.25, 0.3) is 0 Å². The molecule has 3 nitrogen and oxygen atoms in total. The van der Waals surface area contributed by atoms with Crippen molar-refractivity contribution in [1.29, 1.82) is 5.26 Å². The molecule has 0 aliphatic heterocycles. The van der Waals surface area contributed by atoms with Gasteiger partial charge in [-0.3, -0.25) is 4.98 Å². The topological polar surface area (TPSA) is 41.6 Å². The first-order valence-corrected chi connectivity index (χ1v) is 18.6. The molecule has 9 aromatic carbocycles. The van der Waals surface area contributed by atoms with E-state index < -0.39 is 0 Å². The lowest BCUT2D eigenvalue weighted by atomic mass is 9.88. The number of hydrogen-bond donors (Lipinski definition) is 0. The van der Waals surface area contributed by atoms with Gasteiger partial charge in [-0.25, -0.2) is 0 Å². The average molecular weight is 698 g/mol. The number of fused-ring (bicyclic) bond motifs is 2. The quantitative estimate of drug-likeness (QED) is 0.168. The number of pyridine rings is 1. The van der Waals surface area contributed by atoms with E-state index in [1.807, 2.05) is 36.5 Å². The molecular weight excluding hydrogens is 667 g/mol. The SMILES string of the molecule is N#Cc1ccc(-c2cc(-c3ccc(-c4cc5ccc6cccc7c6c5c(c4)n7-c4ccccc4)c4ccccc34)cc(-c3cccc4cccnc34)c2)cc1. The van der Waals surface area contributed by atoms with Crippen LogP contribution in [0.2, 0.25) is 0 Å². The number of hydrogen-bond acceptors (Lipinski definition) is 2. The van der Waals surface area contributed by atoms with Crippen LogP contribution in [0.3, 0.4) is 0 Å². The Kier molecular flexibility index (Phi) is 6.92. The Bertz CT molecular complexity index is 3310. The van der Waals surface area contributed by atoms with Crippen LogP contribution in [0.15, 0.2) is 188 Å². The number of para-hydroxylation sites is 2. The van der Waals surface area contributed by atoms with Crippen molar-refractivity contribution in [2.45, 2.75) is 0 Å². The van der Waals surface area contributed by atoms with Crippen LogP contribution < -0.4 is 0 Å². The van der Waals surface area contributed by atoms with E-state index in [2.05, 4.69) is 162 Å². The van der Waals surface area contributed by atoms with Crippen LogP contribution in [0.5, 0.6) is 0 Å². The van der Waals surface area contributed by atoms with Crippen molar-refractivity contribution in [2.75, 3.05) is 0 Å². The zero-order valence-corrected chi connectivity index (χ0v) is 29.7. The van der Waals surface area contributed by atoms with E-state index in [4.69, 9.17) is 4.98 Å². The molecule has 0 atom stereocenters. The van der Waals surface area contributed by atoms with E-state index in [1.54, 1.807) is 0 Å². The lowest BCUT2D eigenvalue weighted by molar-refractivity contribution is 1.18. The predicted octanol–water partition coefficient (Wildman–Crippen LogP) is 13.6. The normalized spacial score (nSPS) is 11.6. The Morgan fingerprint density at radius 1 is 0.418 bits per heavy atom. The summed E-state index contributed by atoms with van der Waals surface area (Å²) in [7, 11) is 0. The molecule has 0 amide bonds. The zero-order valence-electron chi connectivity index (χ0n) is 29.7. The van der Waals surface area contributed by atoms with Crippen molar-refractivity contribution in [3.63, 3.8) is 0 Å². The van der Waals surface area contributed by atoms with E-state index in [-0.39, 0.29) is 0 Å². The van der Waals surface area contributed by atoms with Gasteiger partial charge in [0.1, 0.15) is 0 Å². The van der Waals surface area contributed by atoms with E-state index >= 15 is 0 Å². The highest BCUT2D eigenvalue weighted by Gasteiger charge is 2.19. The minimum absolute atomic E-state index is 0.646. The van der Waals surface area contributed by atoms with Gasteiger partial charge in [-0.1, -0.05) is 115 Å². The number of nitriles is 1. The molecule has 11 aromatic rings. The molecule has 0 aliphatic carbocycles. The summed E-state index contributed by atoms with van der Waals surface area (Å²) in [6.07, 6.45) is 1.86. The molecule has 0 bridgehead atoms. The highest BCUT2D eigenvalue weighted by molar-refractivity contribution is 6.25.